The first kappa shape index (κ1) is 14.6. The molecule has 1 aromatic carbocycles. The van der Waals surface area contributed by atoms with Crippen molar-refractivity contribution in [2.75, 3.05) is 12.5 Å². The molecule has 0 aliphatic carbocycles. The Hall–Kier alpha value is -1.80. The first-order valence-corrected chi connectivity index (χ1v) is 8.53. The highest BCUT2D eigenvalue weighted by atomic mass is 32.2. The maximum atomic E-state index is 11.6. The van der Waals surface area contributed by atoms with Gasteiger partial charge >= 0.3 is 5.97 Å². The van der Waals surface area contributed by atoms with E-state index < -0.39 is 15.8 Å². The number of benzene rings is 1. The predicted octanol–water partition coefficient (Wildman–Crippen LogP) is 2.17. The monoisotopic (exact) mass is 313 g/mol. The summed E-state index contributed by atoms with van der Waals surface area (Å²) < 4.78 is 27.9. The van der Waals surface area contributed by atoms with Crippen LogP contribution < -0.4 is 0 Å². The van der Waals surface area contributed by atoms with E-state index in [2.05, 4.69) is 9.68 Å². The molecule has 106 valence electrons. The van der Waals surface area contributed by atoms with Crippen LogP contribution in [0.2, 0.25) is 0 Å². The lowest BCUT2D eigenvalue weighted by molar-refractivity contribution is 0.0652. The van der Waals surface area contributed by atoms with Gasteiger partial charge in [-0.05, 0) is 18.4 Å². The molecule has 0 aliphatic heterocycles. The topological polar surface area (TPSA) is 97.5 Å². The number of nitrogens with zero attached hydrogens (tertiary/aromatic N) is 1. The summed E-state index contributed by atoms with van der Waals surface area (Å²) in [5, 5.41) is 12.4. The van der Waals surface area contributed by atoms with Crippen LogP contribution in [0.25, 0.3) is 11.3 Å². The van der Waals surface area contributed by atoms with Crippen LogP contribution in [0.5, 0.6) is 0 Å². The van der Waals surface area contributed by atoms with Gasteiger partial charge in [-0.15, -0.1) is 11.8 Å². The van der Waals surface area contributed by atoms with Gasteiger partial charge in [0.25, 0.3) is 0 Å². The number of rotatable bonds is 4. The fourth-order valence-corrected chi connectivity index (χ4v) is 3.60. The summed E-state index contributed by atoms with van der Waals surface area (Å²) in [6.45, 7) is 0. The molecular formula is C12H11NO5S2. The van der Waals surface area contributed by atoms with Crippen LogP contribution in [0.4, 0.5) is 0 Å². The average Bonchev–Trinajstić information content (AvgIpc) is 2.86. The Balaban J connectivity index is 2.51. The van der Waals surface area contributed by atoms with E-state index in [0.717, 1.165) is 6.26 Å². The number of sulfone groups is 1. The molecule has 1 N–H and O–H groups in total. The molecule has 1 heterocycles. The second-order valence-corrected chi connectivity index (χ2v) is 6.85. The van der Waals surface area contributed by atoms with Gasteiger partial charge in [-0.3, -0.25) is 0 Å². The first-order valence-electron chi connectivity index (χ1n) is 5.41. The van der Waals surface area contributed by atoms with Crippen molar-refractivity contribution >= 4 is 27.6 Å². The van der Waals surface area contributed by atoms with Crippen molar-refractivity contribution in [1.82, 2.24) is 5.16 Å². The zero-order valence-corrected chi connectivity index (χ0v) is 12.3. The normalized spacial score (nSPS) is 11.5. The average molecular weight is 313 g/mol. The zero-order chi connectivity index (χ0) is 14.9. The smallest absolute Gasteiger partial charge is 0.374 e. The molecular weight excluding hydrogens is 302 g/mol. The third-order valence-corrected chi connectivity index (χ3v) is 4.64. The van der Waals surface area contributed by atoms with Gasteiger partial charge in [0.05, 0.1) is 4.90 Å². The van der Waals surface area contributed by atoms with Crippen molar-refractivity contribution in [2.45, 2.75) is 9.79 Å². The molecule has 2 rings (SSSR count). The molecule has 0 radical (unpaired) electrons. The minimum Gasteiger partial charge on any atom is -0.475 e. The summed E-state index contributed by atoms with van der Waals surface area (Å²) in [6, 6.07) is 5.98. The van der Waals surface area contributed by atoms with E-state index in [9.17, 15) is 13.2 Å². The van der Waals surface area contributed by atoms with Crippen LogP contribution in [0.1, 0.15) is 10.6 Å². The molecule has 0 spiro atoms. The second kappa shape index (κ2) is 5.29. The summed E-state index contributed by atoms with van der Waals surface area (Å²) in [6.07, 6.45) is 2.90. The zero-order valence-electron chi connectivity index (χ0n) is 10.7. The molecule has 0 aliphatic rings. The number of thioether (sulfide) groups is 1. The van der Waals surface area contributed by atoms with Gasteiger partial charge in [0.1, 0.15) is 5.69 Å². The van der Waals surface area contributed by atoms with Crippen LogP contribution in [0.15, 0.2) is 38.6 Å². The highest BCUT2D eigenvalue weighted by Gasteiger charge is 2.16. The number of aromatic carboxylic acids is 1. The van der Waals surface area contributed by atoms with Gasteiger partial charge in [0.2, 0.25) is 5.76 Å². The number of hydrogen-bond donors (Lipinski definition) is 1. The molecule has 0 fully saturated rings. The van der Waals surface area contributed by atoms with E-state index >= 15 is 0 Å². The molecule has 20 heavy (non-hydrogen) atoms. The predicted molar refractivity (Wildman–Crippen MR) is 73.8 cm³/mol. The summed E-state index contributed by atoms with van der Waals surface area (Å²) in [5.74, 6) is -1.47. The standard InChI is InChI=1S/C12H11NO5S2/c1-19-10-5-7(3-4-11(10)20(2,16)17)8-6-9(12(14)15)18-13-8/h3-6H,1-2H3,(H,14,15). The molecule has 0 amide bonds. The summed E-state index contributed by atoms with van der Waals surface area (Å²) >= 11 is 1.29. The molecule has 0 saturated heterocycles. The highest BCUT2D eigenvalue weighted by molar-refractivity contribution is 7.99. The Morgan fingerprint density at radius 3 is 2.55 bits per heavy atom. The van der Waals surface area contributed by atoms with E-state index in [1.54, 1.807) is 18.4 Å². The van der Waals surface area contributed by atoms with Crippen molar-refractivity contribution in [2.24, 2.45) is 0 Å². The summed E-state index contributed by atoms with van der Waals surface area (Å²) in [5.41, 5.74) is 0.941. The molecule has 6 nitrogen and oxygen atoms in total. The van der Waals surface area contributed by atoms with Crippen LogP contribution in [0.3, 0.4) is 0 Å². The minimum absolute atomic E-state index is 0.232. The largest absolute Gasteiger partial charge is 0.475 e. The number of aromatic nitrogens is 1. The summed E-state index contributed by atoms with van der Waals surface area (Å²) in [7, 11) is -3.31. The van der Waals surface area contributed by atoms with Crippen molar-refractivity contribution < 1.29 is 22.8 Å². The number of carboxylic acid groups (broad SMARTS) is 1. The fraction of sp³-hybridized carbons (Fsp3) is 0.167. The molecule has 8 heteroatoms. The first-order chi connectivity index (χ1) is 9.32. The fourth-order valence-electron chi connectivity index (χ4n) is 1.65. The SMILES string of the molecule is CSc1cc(-c2cc(C(=O)O)on2)ccc1S(C)(=O)=O. The Morgan fingerprint density at radius 2 is 2.05 bits per heavy atom. The Kier molecular flexibility index (Phi) is 3.87. The van der Waals surface area contributed by atoms with Crippen molar-refractivity contribution in [3.63, 3.8) is 0 Å². The van der Waals surface area contributed by atoms with Gasteiger partial charge in [0, 0.05) is 22.8 Å². The second-order valence-electron chi connectivity index (χ2n) is 4.02. The van der Waals surface area contributed by atoms with Crippen LogP contribution in [-0.4, -0.2) is 37.2 Å². The van der Waals surface area contributed by atoms with Crippen molar-refractivity contribution in [1.29, 1.82) is 0 Å². The minimum atomic E-state index is -3.31. The van der Waals surface area contributed by atoms with Crippen LogP contribution in [-0.2, 0) is 9.84 Å². The molecule has 0 atom stereocenters. The van der Waals surface area contributed by atoms with Crippen molar-refractivity contribution in [3.05, 3.63) is 30.0 Å². The highest BCUT2D eigenvalue weighted by Crippen LogP contribution is 2.30. The molecule has 2 aromatic rings. The van der Waals surface area contributed by atoms with E-state index in [0.29, 0.717) is 16.2 Å². The maximum absolute atomic E-state index is 11.6. The van der Waals surface area contributed by atoms with Crippen LogP contribution >= 0.6 is 11.8 Å². The lowest BCUT2D eigenvalue weighted by atomic mass is 10.1. The van der Waals surface area contributed by atoms with Gasteiger partial charge in [-0.2, -0.15) is 0 Å². The Bertz CT molecular complexity index is 764. The van der Waals surface area contributed by atoms with Gasteiger partial charge in [0.15, 0.2) is 9.84 Å². The molecule has 0 bridgehead atoms. The van der Waals surface area contributed by atoms with Crippen molar-refractivity contribution in [3.8, 4) is 11.3 Å². The van der Waals surface area contributed by atoms with Gasteiger partial charge < -0.3 is 9.63 Å². The Labute approximate surface area is 119 Å². The third kappa shape index (κ3) is 2.86. The molecule has 1 aromatic heterocycles. The number of carbonyl (C=O) groups is 1. The molecule has 0 unspecified atom stereocenters. The van der Waals surface area contributed by atoms with E-state index in [1.165, 1.54) is 23.9 Å². The van der Waals surface area contributed by atoms with Crippen LogP contribution in [0, 0.1) is 0 Å². The maximum Gasteiger partial charge on any atom is 0.374 e. The third-order valence-electron chi connectivity index (χ3n) is 2.58. The number of carboxylic acids is 1. The Morgan fingerprint density at radius 1 is 1.35 bits per heavy atom. The van der Waals surface area contributed by atoms with E-state index in [-0.39, 0.29) is 10.7 Å². The van der Waals surface area contributed by atoms with Gasteiger partial charge in [-0.1, -0.05) is 11.2 Å². The lowest BCUT2D eigenvalue weighted by Gasteiger charge is -2.06. The number of hydrogen-bond acceptors (Lipinski definition) is 6. The lowest BCUT2D eigenvalue weighted by Crippen LogP contribution is -1.99. The summed E-state index contributed by atoms with van der Waals surface area (Å²) in [4.78, 5) is 11.5. The van der Waals surface area contributed by atoms with E-state index in [4.69, 9.17) is 5.11 Å². The van der Waals surface area contributed by atoms with Gasteiger partial charge in [-0.25, -0.2) is 13.2 Å². The molecule has 0 saturated carbocycles. The quantitative estimate of drug-likeness (QED) is 0.864. The van der Waals surface area contributed by atoms with E-state index in [1.807, 2.05) is 0 Å².